The molecule has 3 rings (SSSR count). The second kappa shape index (κ2) is 6.91. The highest BCUT2D eigenvalue weighted by Crippen LogP contribution is 2.32. The first-order chi connectivity index (χ1) is 11.0. The molecule has 0 unspecified atom stereocenters. The Hall–Kier alpha value is -1.56. The predicted molar refractivity (Wildman–Crippen MR) is 101 cm³/mol. The first-order valence-electron chi connectivity index (χ1n) is 6.84. The molecule has 1 aliphatic rings. The number of thioether (sulfide) groups is 1. The molecule has 116 valence electrons. The molecule has 0 radical (unpaired) electrons. The van der Waals surface area contributed by atoms with Gasteiger partial charge in [0.1, 0.15) is 0 Å². The van der Waals surface area contributed by atoms with Crippen molar-refractivity contribution in [3.63, 3.8) is 0 Å². The van der Waals surface area contributed by atoms with Crippen LogP contribution in [0, 0.1) is 6.92 Å². The average molecular weight is 408 g/mol. The number of rotatable bonds is 2. The maximum Gasteiger partial charge on any atom is 0.264 e. The highest BCUT2D eigenvalue weighted by Gasteiger charge is 2.24. The number of hydrogen-bond donors (Lipinski definition) is 1. The quantitative estimate of drug-likeness (QED) is 0.686. The van der Waals surface area contributed by atoms with E-state index in [9.17, 15) is 4.79 Å². The molecule has 1 heterocycles. The second-order valence-electron chi connectivity index (χ2n) is 4.89. The monoisotopic (exact) mass is 406 g/mol. The van der Waals surface area contributed by atoms with E-state index < -0.39 is 0 Å². The molecule has 1 amide bonds. The van der Waals surface area contributed by atoms with Crippen LogP contribution in [-0.2, 0) is 4.79 Å². The Balaban J connectivity index is 1.89. The summed E-state index contributed by atoms with van der Waals surface area (Å²) in [6, 6.07) is 13.3. The highest BCUT2D eigenvalue weighted by atomic mass is 79.9. The lowest BCUT2D eigenvalue weighted by atomic mass is 10.2. The highest BCUT2D eigenvalue weighted by molar-refractivity contribution is 9.10. The lowest BCUT2D eigenvalue weighted by Gasteiger charge is -2.02. The molecule has 1 saturated heterocycles. The molecule has 0 aromatic heterocycles. The van der Waals surface area contributed by atoms with Crippen molar-refractivity contribution in [3.05, 3.63) is 68.0 Å². The molecule has 0 atom stereocenters. The van der Waals surface area contributed by atoms with Gasteiger partial charge in [-0.1, -0.05) is 51.8 Å². The number of carbonyl (C=O) groups is 1. The number of amides is 1. The van der Waals surface area contributed by atoms with E-state index in [1.165, 1.54) is 11.8 Å². The molecule has 6 heteroatoms. The molecule has 3 nitrogen and oxygen atoms in total. The van der Waals surface area contributed by atoms with E-state index >= 15 is 0 Å². The van der Waals surface area contributed by atoms with E-state index in [2.05, 4.69) is 26.2 Å². The van der Waals surface area contributed by atoms with Gasteiger partial charge in [0.05, 0.1) is 10.6 Å². The van der Waals surface area contributed by atoms with E-state index in [0.29, 0.717) is 15.1 Å². The number of halogens is 2. The molecule has 1 N–H and O–H groups in total. The molecule has 1 fully saturated rings. The van der Waals surface area contributed by atoms with Crippen LogP contribution in [0.2, 0.25) is 5.02 Å². The summed E-state index contributed by atoms with van der Waals surface area (Å²) in [5, 5.41) is 4.00. The van der Waals surface area contributed by atoms with Crippen LogP contribution in [0.3, 0.4) is 0 Å². The zero-order chi connectivity index (χ0) is 16.4. The predicted octanol–water partition coefficient (Wildman–Crippen LogP) is 5.30. The van der Waals surface area contributed by atoms with Gasteiger partial charge in [-0.3, -0.25) is 4.79 Å². The normalized spacial score (nSPS) is 17.8. The van der Waals surface area contributed by atoms with Crippen molar-refractivity contribution >= 4 is 62.1 Å². The number of nitrogens with zero attached hydrogens (tertiary/aromatic N) is 1. The third-order valence-corrected chi connectivity index (χ3v) is 5.35. The standard InChI is InChI=1S/C17H12BrClN2OS/c1-10-13(19)7-4-8-14(10)20-17-21-16(22)15(23-17)9-11-5-2-3-6-12(11)18/h2-9H,1H3,(H,20,21,22). The van der Waals surface area contributed by atoms with E-state index in [4.69, 9.17) is 11.6 Å². The fraction of sp³-hybridized carbons (Fsp3) is 0.0588. The van der Waals surface area contributed by atoms with Gasteiger partial charge in [-0.05, 0) is 54.1 Å². The minimum absolute atomic E-state index is 0.149. The number of hydrogen-bond acceptors (Lipinski definition) is 3. The maximum absolute atomic E-state index is 12.1. The Morgan fingerprint density at radius 3 is 2.78 bits per heavy atom. The fourth-order valence-corrected chi connectivity index (χ4v) is 3.43. The fourth-order valence-electron chi connectivity index (χ4n) is 2.04. The van der Waals surface area contributed by atoms with E-state index in [1.54, 1.807) is 0 Å². The van der Waals surface area contributed by atoms with Crippen LogP contribution in [-0.4, -0.2) is 11.1 Å². The summed E-state index contributed by atoms with van der Waals surface area (Å²) in [5.41, 5.74) is 2.59. The van der Waals surface area contributed by atoms with Crippen molar-refractivity contribution in [1.29, 1.82) is 0 Å². The summed E-state index contributed by atoms with van der Waals surface area (Å²) in [6.07, 6.45) is 1.84. The van der Waals surface area contributed by atoms with Crippen molar-refractivity contribution in [2.45, 2.75) is 6.92 Å². The van der Waals surface area contributed by atoms with Crippen molar-refractivity contribution in [1.82, 2.24) is 5.32 Å². The molecule has 2 aromatic rings. The van der Waals surface area contributed by atoms with Crippen LogP contribution in [0.4, 0.5) is 5.69 Å². The Kier molecular flexibility index (Phi) is 4.90. The molecule has 2 aromatic carbocycles. The zero-order valence-electron chi connectivity index (χ0n) is 12.1. The van der Waals surface area contributed by atoms with Gasteiger partial charge in [0.25, 0.3) is 5.91 Å². The summed E-state index contributed by atoms with van der Waals surface area (Å²) >= 11 is 10.9. The lowest BCUT2D eigenvalue weighted by molar-refractivity contribution is -0.115. The van der Waals surface area contributed by atoms with E-state index in [1.807, 2.05) is 55.5 Å². The van der Waals surface area contributed by atoms with Crippen molar-refractivity contribution < 1.29 is 4.79 Å². The smallest absolute Gasteiger partial charge is 0.264 e. The van der Waals surface area contributed by atoms with Gasteiger partial charge in [-0.25, -0.2) is 4.99 Å². The van der Waals surface area contributed by atoms with Crippen LogP contribution < -0.4 is 5.32 Å². The van der Waals surface area contributed by atoms with E-state index in [0.717, 1.165) is 21.3 Å². The van der Waals surface area contributed by atoms with Crippen LogP contribution in [0.1, 0.15) is 11.1 Å². The minimum atomic E-state index is -0.149. The van der Waals surface area contributed by atoms with Gasteiger partial charge >= 0.3 is 0 Å². The van der Waals surface area contributed by atoms with Gasteiger partial charge in [0.15, 0.2) is 5.17 Å². The van der Waals surface area contributed by atoms with Gasteiger partial charge < -0.3 is 5.32 Å². The Morgan fingerprint density at radius 1 is 1.22 bits per heavy atom. The summed E-state index contributed by atoms with van der Waals surface area (Å²) in [4.78, 5) is 17.2. The molecular weight excluding hydrogens is 396 g/mol. The summed E-state index contributed by atoms with van der Waals surface area (Å²) in [5.74, 6) is -0.149. The first-order valence-corrected chi connectivity index (χ1v) is 8.82. The molecular formula is C17H12BrClN2OS. The first kappa shape index (κ1) is 16.3. The molecule has 23 heavy (non-hydrogen) atoms. The summed E-state index contributed by atoms with van der Waals surface area (Å²) in [7, 11) is 0. The van der Waals surface area contributed by atoms with Crippen molar-refractivity contribution in [3.8, 4) is 0 Å². The molecule has 0 saturated carbocycles. The average Bonchev–Trinajstić information content (AvgIpc) is 2.86. The van der Waals surface area contributed by atoms with E-state index in [-0.39, 0.29) is 5.91 Å². The molecule has 0 spiro atoms. The van der Waals surface area contributed by atoms with Gasteiger partial charge in [-0.15, -0.1) is 0 Å². The van der Waals surface area contributed by atoms with Crippen molar-refractivity contribution in [2.24, 2.45) is 4.99 Å². The van der Waals surface area contributed by atoms with Crippen molar-refractivity contribution in [2.75, 3.05) is 0 Å². The molecule has 1 aliphatic heterocycles. The minimum Gasteiger partial charge on any atom is -0.300 e. The maximum atomic E-state index is 12.1. The van der Waals surface area contributed by atoms with Crippen LogP contribution in [0.5, 0.6) is 0 Å². The number of aliphatic imine (C=N–C) groups is 1. The zero-order valence-corrected chi connectivity index (χ0v) is 15.3. The largest absolute Gasteiger partial charge is 0.300 e. The Labute approximate surface area is 152 Å². The Morgan fingerprint density at radius 2 is 2.00 bits per heavy atom. The topological polar surface area (TPSA) is 41.5 Å². The SMILES string of the molecule is Cc1c(Cl)cccc1N=C1NC(=O)C(=Cc2ccccc2Br)S1. The van der Waals surface area contributed by atoms with Gasteiger partial charge in [0, 0.05) is 9.50 Å². The van der Waals surface area contributed by atoms with Gasteiger partial charge in [-0.2, -0.15) is 0 Å². The Bertz CT molecular complexity index is 848. The third-order valence-electron chi connectivity index (χ3n) is 3.30. The van der Waals surface area contributed by atoms with Gasteiger partial charge in [0.2, 0.25) is 0 Å². The summed E-state index contributed by atoms with van der Waals surface area (Å²) in [6.45, 7) is 1.90. The second-order valence-corrected chi connectivity index (χ2v) is 7.18. The number of carbonyl (C=O) groups excluding carboxylic acids is 1. The number of nitrogens with one attached hydrogen (secondary N) is 1. The molecule has 0 bridgehead atoms. The van der Waals surface area contributed by atoms with Crippen LogP contribution in [0.15, 0.2) is 56.8 Å². The molecule has 0 aliphatic carbocycles. The number of amidine groups is 1. The number of benzene rings is 2. The lowest BCUT2D eigenvalue weighted by Crippen LogP contribution is -2.19. The summed E-state index contributed by atoms with van der Waals surface area (Å²) < 4.78 is 0.942. The van der Waals surface area contributed by atoms with Crippen LogP contribution >= 0.6 is 39.3 Å². The third kappa shape index (κ3) is 3.68. The van der Waals surface area contributed by atoms with Crippen LogP contribution in [0.25, 0.3) is 6.08 Å².